The number of nitrogens with one attached hydrogen (secondary N) is 3. The van der Waals surface area contributed by atoms with Crippen LogP contribution in [0.5, 0.6) is 11.5 Å². The molecular weight excluding hydrogens is 507 g/mol. The summed E-state index contributed by atoms with van der Waals surface area (Å²) in [4.78, 5) is 16.6. The number of methoxy groups -OCH3 is 2. The number of carbonyl (C=O) groups excluding carboxylic acids is 1. The first-order valence-corrected chi connectivity index (χ1v) is 10.2. The Morgan fingerprint density at radius 3 is 2.35 bits per heavy atom. The highest BCUT2D eigenvalue weighted by Gasteiger charge is 2.05. The average Bonchev–Trinajstić information content (AvgIpc) is 2.79. The first-order valence-electron chi connectivity index (χ1n) is 10.2. The van der Waals surface area contributed by atoms with Crippen molar-refractivity contribution in [3.63, 3.8) is 0 Å². The molecule has 0 bridgehead atoms. The van der Waals surface area contributed by atoms with E-state index in [0.717, 1.165) is 49.0 Å². The van der Waals surface area contributed by atoms with E-state index in [4.69, 9.17) is 9.47 Å². The molecule has 0 radical (unpaired) electrons. The number of halogens is 1. The Morgan fingerprint density at radius 2 is 1.68 bits per heavy atom. The monoisotopic (exact) mass is 540 g/mol. The van der Waals surface area contributed by atoms with E-state index in [-0.39, 0.29) is 29.9 Å². The maximum atomic E-state index is 12.0. The summed E-state index contributed by atoms with van der Waals surface area (Å²) in [5, 5.41) is 9.50. The highest BCUT2D eigenvalue weighted by molar-refractivity contribution is 14.0. The fourth-order valence-electron chi connectivity index (χ4n) is 2.87. The molecule has 170 valence electrons. The minimum Gasteiger partial charge on any atom is -0.493 e. The van der Waals surface area contributed by atoms with Gasteiger partial charge in [-0.2, -0.15) is 0 Å². The Balaban J connectivity index is 0.00000480. The summed E-state index contributed by atoms with van der Waals surface area (Å²) in [6, 6.07) is 15.1. The van der Waals surface area contributed by atoms with Crippen molar-refractivity contribution < 1.29 is 14.3 Å². The van der Waals surface area contributed by atoms with Crippen molar-refractivity contribution in [1.82, 2.24) is 16.0 Å². The fraction of sp³-hybridized carbons (Fsp3) is 0.391. The number of rotatable bonds is 11. The van der Waals surface area contributed by atoms with Gasteiger partial charge in [-0.3, -0.25) is 9.79 Å². The summed E-state index contributed by atoms with van der Waals surface area (Å²) in [6.07, 6.45) is 1.60. The summed E-state index contributed by atoms with van der Waals surface area (Å²) < 4.78 is 10.6. The quantitative estimate of drug-likeness (QED) is 0.177. The Bertz CT molecular complexity index is 816. The third-order valence-corrected chi connectivity index (χ3v) is 4.42. The van der Waals surface area contributed by atoms with Gasteiger partial charge in [0, 0.05) is 31.7 Å². The normalized spacial score (nSPS) is 10.6. The van der Waals surface area contributed by atoms with Gasteiger partial charge in [-0.15, -0.1) is 24.0 Å². The van der Waals surface area contributed by atoms with E-state index in [2.05, 4.69) is 20.9 Å². The third kappa shape index (κ3) is 9.46. The lowest BCUT2D eigenvalue weighted by Crippen LogP contribution is -2.38. The minimum absolute atomic E-state index is 0. The van der Waals surface area contributed by atoms with E-state index < -0.39 is 0 Å². The maximum absolute atomic E-state index is 12.0. The molecule has 0 aromatic heterocycles. The first-order chi connectivity index (χ1) is 14.7. The molecule has 0 fully saturated rings. The van der Waals surface area contributed by atoms with Crippen LogP contribution < -0.4 is 25.4 Å². The van der Waals surface area contributed by atoms with Gasteiger partial charge in [0.25, 0.3) is 5.91 Å². The standard InChI is InChI=1S/C23H32N4O3.HI/c1-4-24-23(26-15-8-14-25-22(28)19-9-6-5-7-10-19)27-16-13-18-11-12-20(29-2)21(17-18)30-3;/h5-7,9-12,17H,4,8,13-16H2,1-3H3,(H,25,28)(H2,24,26,27);1H. The maximum Gasteiger partial charge on any atom is 0.251 e. The second-order valence-corrected chi connectivity index (χ2v) is 6.60. The van der Waals surface area contributed by atoms with Crippen LogP contribution in [0.2, 0.25) is 0 Å². The molecular formula is C23H33IN4O3. The Hall–Kier alpha value is -2.49. The van der Waals surface area contributed by atoms with E-state index in [9.17, 15) is 4.79 Å². The number of aliphatic imine (C=N–C) groups is 1. The number of ether oxygens (including phenoxy) is 2. The van der Waals surface area contributed by atoms with Gasteiger partial charge in [0.2, 0.25) is 0 Å². The number of hydrogen-bond donors (Lipinski definition) is 3. The number of amides is 1. The van der Waals surface area contributed by atoms with Gasteiger partial charge in [0.15, 0.2) is 17.5 Å². The molecule has 0 aliphatic carbocycles. The summed E-state index contributed by atoms with van der Waals surface area (Å²) >= 11 is 0. The van der Waals surface area contributed by atoms with Gasteiger partial charge in [0.05, 0.1) is 14.2 Å². The fourth-order valence-corrected chi connectivity index (χ4v) is 2.87. The van der Waals surface area contributed by atoms with E-state index in [1.54, 1.807) is 26.4 Å². The number of guanidine groups is 1. The van der Waals surface area contributed by atoms with Crippen LogP contribution in [0, 0.1) is 0 Å². The average molecular weight is 540 g/mol. The van der Waals surface area contributed by atoms with Crippen molar-refractivity contribution in [2.24, 2.45) is 4.99 Å². The number of hydrogen-bond acceptors (Lipinski definition) is 4. The van der Waals surface area contributed by atoms with E-state index >= 15 is 0 Å². The highest BCUT2D eigenvalue weighted by atomic mass is 127. The third-order valence-electron chi connectivity index (χ3n) is 4.42. The lowest BCUT2D eigenvalue weighted by molar-refractivity contribution is 0.0953. The van der Waals surface area contributed by atoms with E-state index in [1.165, 1.54) is 0 Å². The lowest BCUT2D eigenvalue weighted by Gasteiger charge is -2.13. The SMILES string of the molecule is CCNC(=NCCCNC(=O)c1ccccc1)NCCc1ccc(OC)c(OC)c1.I. The molecule has 0 atom stereocenters. The molecule has 0 spiro atoms. The predicted octanol–water partition coefficient (Wildman–Crippen LogP) is 3.24. The zero-order valence-electron chi connectivity index (χ0n) is 18.4. The number of benzene rings is 2. The number of nitrogens with zero attached hydrogens (tertiary/aromatic N) is 1. The molecule has 3 N–H and O–H groups in total. The van der Waals surface area contributed by atoms with Gasteiger partial charge in [0.1, 0.15) is 0 Å². The van der Waals surface area contributed by atoms with Crippen LogP contribution in [0.4, 0.5) is 0 Å². The van der Waals surface area contributed by atoms with Crippen molar-refractivity contribution in [3.05, 3.63) is 59.7 Å². The van der Waals surface area contributed by atoms with Crippen LogP contribution in [-0.4, -0.2) is 52.3 Å². The highest BCUT2D eigenvalue weighted by Crippen LogP contribution is 2.27. The topological polar surface area (TPSA) is 84.0 Å². The van der Waals surface area contributed by atoms with Crippen LogP contribution in [0.3, 0.4) is 0 Å². The van der Waals surface area contributed by atoms with Crippen LogP contribution in [0.25, 0.3) is 0 Å². The summed E-state index contributed by atoms with van der Waals surface area (Å²) in [5.41, 5.74) is 1.82. The van der Waals surface area contributed by atoms with E-state index in [1.807, 2.05) is 43.3 Å². The van der Waals surface area contributed by atoms with Crippen LogP contribution >= 0.6 is 24.0 Å². The van der Waals surface area contributed by atoms with E-state index in [0.29, 0.717) is 18.7 Å². The molecule has 7 nitrogen and oxygen atoms in total. The van der Waals surface area contributed by atoms with Crippen molar-refractivity contribution in [3.8, 4) is 11.5 Å². The summed E-state index contributed by atoms with van der Waals surface area (Å²) in [6.45, 7) is 4.77. The van der Waals surface area contributed by atoms with Gasteiger partial charge in [-0.25, -0.2) is 0 Å². The minimum atomic E-state index is -0.0560. The molecule has 31 heavy (non-hydrogen) atoms. The van der Waals surface area contributed by atoms with Crippen molar-refractivity contribution in [2.45, 2.75) is 19.8 Å². The van der Waals surface area contributed by atoms with Crippen molar-refractivity contribution in [2.75, 3.05) is 40.4 Å². The zero-order chi connectivity index (χ0) is 21.6. The second kappa shape index (κ2) is 15.3. The van der Waals surface area contributed by atoms with Crippen LogP contribution in [0.15, 0.2) is 53.5 Å². The molecule has 0 aliphatic heterocycles. The van der Waals surface area contributed by atoms with Gasteiger partial charge >= 0.3 is 0 Å². The summed E-state index contributed by atoms with van der Waals surface area (Å²) in [7, 11) is 3.27. The van der Waals surface area contributed by atoms with Crippen molar-refractivity contribution >= 4 is 35.8 Å². The Morgan fingerprint density at radius 1 is 0.935 bits per heavy atom. The summed E-state index contributed by atoms with van der Waals surface area (Å²) in [5.74, 6) is 2.17. The molecule has 1 amide bonds. The second-order valence-electron chi connectivity index (χ2n) is 6.60. The number of carbonyl (C=O) groups is 1. The smallest absolute Gasteiger partial charge is 0.251 e. The van der Waals surface area contributed by atoms with Gasteiger partial charge < -0.3 is 25.4 Å². The molecule has 0 aliphatic rings. The molecule has 0 saturated heterocycles. The predicted molar refractivity (Wildman–Crippen MR) is 136 cm³/mol. The van der Waals surface area contributed by atoms with Gasteiger partial charge in [-0.05, 0) is 49.6 Å². The first kappa shape index (κ1) is 26.5. The largest absolute Gasteiger partial charge is 0.493 e. The van der Waals surface area contributed by atoms with Gasteiger partial charge in [-0.1, -0.05) is 24.3 Å². The molecule has 2 rings (SSSR count). The molecule has 0 unspecified atom stereocenters. The molecule has 8 heteroatoms. The lowest BCUT2D eigenvalue weighted by atomic mass is 10.1. The van der Waals surface area contributed by atoms with Crippen molar-refractivity contribution in [1.29, 1.82) is 0 Å². The Kier molecular flexibility index (Phi) is 13.1. The van der Waals surface area contributed by atoms with Crippen LogP contribution in [0.1, 0.15) is 29.3 Å². The molecule has 2 aromatic rings. The van der Waals surface area contributed by atoms with Crippen LogP contribution in [-0.2, 0) is 6.42 Å². The molecule has 0 saturated carbocycles. The molecule has 2 aromatic carbocycles. The zero-order valence-corrected chi connectivity index (χ0v) is 20.8. The Labute approximate surface area is 202 Å². The molecule has 0 heterocycles.